The highest BCUT2D eigenvalue weighted by Crippen LogP contribution is 2.27. The summed E-state index contributed by atoms with van der Waals surface area (Å²) in [5.41, 5.74) is -0.860. The second-order valence-electron chi connectivity index (χ2n) is 5.08. The number of halogens is 1. The Morgan fingerprint density at radius 1 is 1.38 bits per heavy atom. The Morgan fingerprint density at radius 3 is 2.52 bits per heavy atom. The number of sulfonamides is 1. The van der Waals surface area contributed by atoms with Gasteiger partial charge in [0.1, 0.15) is 10.6 Å². The van der Waals surface area contributed by atoms with Gasteiger partial charge in [0.15, 0.2) is 0 Å². The lowest BCUT2D eigenvalue weighted by Gasteiger charge is -2.23. The van der Waals surface area contributed by atoms with E-state index in [2.05, 4.69) is 26.0 Å². The molecule has 2 N–H and O–H groups in total. The smallest absolute Gasteiger partial charge is 0.244 e. The van der Waals surface area contributed by atoms with Crippen LogP contribution >= 0.6 is 15.9 Å². The van der Waals surface area contributed by atoms with Gasteiger partial charge in [-0.05, 0) is 32.0 Å². The second kappa shape index (κ2) is 6.76. The lowest BCUT2D eigenvalue weighted by molar-refractivity contribution is -0.128. The predicted octanol–water partition coefficient (Wildman–Crippen LogP) is 1.51. The highest BCUT2D eigenvalue weighted by molar-refractivity contribution is 9.10. The van der Waals surface area contributed by atoms with Crippen molar-refractivity contribution < 1.29 is 17.9 Å². The molecule has 0 aliphatic heterocycles. The van der Waals surface area contributed by atoms with E-state index < -0.39 is 15.4 Å². The maximum absolute atomic E-state index is 12.4. The van der Waals surface area contributed by atoms with Gasteiger partial charge in [0.05, 0.1) is 12.5 Å². The van der Waals surface area contributed by atoms with Crippen molar-refractivity contribution in [3.05, 3.63) is 22.7 Å². The fraction of sp³-hybridized carbons (Fsp3) is 0.462. The van der Waals surface area contributed by atoms with Crippen molar-refractivity contribution in [3.8, 4) is 5.75 Å². The largest absolute Gasteiger partial charge is 0.495 e. The molecule has 118 valence electrons. The molecule has 0 aliphatic rings. The van der Waals surface area contributed by atoms with E-state index in [1.54, 1.807) is 26.0 Å². The molecule has 0 saturated heterocycles. The molecule has 0 heterocycles. The van der Waals surface area contributed by atoms with Crippen LogP contribution in [0, 0.1) is 5.41 Å². The van der Waals surface area contributed by atoms with Crippen LogP contribution in [0.2, 0.25) is 0 Å². The normalized spacial score (nSPS) is 12.0. The zero-order chi connectivity index (χ0) is 16.3. The summed E-state index contributed by atoms with van der Waals surface area (Å²) in [6.07, 6.45) is 0. The SMILES string of the molecule is CNC(=O)C(C)(C)CNS(=O)(=O)c1cc(Br)ccc1OC. The predicted molar refractivity (Wildman–Crippen MR) is 83.7 cm³/mol. The number of ether oxygens (including phenoxy) is 1. The quantitative estimate of drug-likeness (QED) is 0.785. The van der Waals surface area contributed by atoms with Gasteiger partial charge >= 0.3 is 0 Å². The summed E-state index contributed by atoms with van der Waals surface area (Å²) >= 11 is 3.23. The molecule has 21 heavy (non-hydrogen) atoms. The van der Waals surface area contributed by atoms with E-state index in [1.165, 1.54) is 20.2 Å². The van der Waals surface area contributed by atoms with E-state index in [0.29, 0.717) is 4.47 Å². The maximum Gasteiger partial charge on any atom is 0.244 e. The van der Waals surface area contributed by atoms with Crippen LogP contribution in [-0.4, -0.2) is 35.0 Å². The van der Waals surface area contributed by atoms with Crippen LogP contribution in [0.5, 0.6) is 5.75 Å². The van der Waals surface area contributed by atoms with Crippen LogP contribution in [0.1, 0.15) is 13.8 Å². The van der Waals surface area contributed by atoms with Crippen molar-refractivity contribution >= 4 is 31.9 Å². The van der Waals surface area contributed by atoms with E-state index in [0.717, 1.165) is 0 Å². The molecule has 1 aromatic rings. The number of amides is 1. The number of carbonyl (C=O) groups excluding carboxylic acids is 1. The summed E-state index contributed by atoms with van der Waals surface area (Å²) < 4.78 is 32.9. The van der Waals surface area contributed by atoms with Crippen molar-refractivity contribution in [2.45, 2.75) is 18.7 Å². The third-order valence-corrected chi connectivity index (χ3v) is 4.88. The van der Waals surface area contributed by atoms with Crippen LogP contribution in [0.15, 0.2) is 27.6 Å². The van der Waals surface area contributed by atoms with Gasteiger partial charge in [-0.15, -0.1) is 0 Å². The number of methoxy groups -OCH3 is 1. The van der Waals surface area contributed by atoms with Crippen molar-refractivity contribution in [2.75, 3.05) is 20.7 Å². The Bertz CT molecular complexity index is 629. The standard InChI is InChI=1S/C13H19BrN2O4S/c1-13(2,12(17)15-3)8-16-21(18,19)11-7-9(14)5-6-10(11)20-4/h5-7,16H,8H2,1-4H3,(H,15,17). The average molecular weight is 379 g/mol. The third-order valence-electron chi connectivity index (χ3n) is 2.96. The van der Waals surface area contributed by atoms with Crippen molar-refractivity contribution in [2.24, 2.45) is 5.41 Å². The number of benzene rings is 1. The van der Waals surface area contributed by atoms with Crippen molar-refractivity contribution in [1.29, 1.82) is 0 Å². The van der Waals surface area contributed by atoms with Crippen LogP contribution < -0.4 is 14.8 Å². The summed E-state index contributed by atoms with van der Waals surface area (Å²) in [5.74, 6) is -0.00476. The average Bonchev–Trinajstić information content (AvgIpc) is 2.44. The molecule has 0 radical (unpaired) electrons. The molecule has 0 aromatic heterocycles. The van der Waals surface area contributed by atoms with Crippen LogP contribution in [0.4, 0.5) is 0 Å². The Labute approximate surface area is 133 Å². The molecule has 0 bridgehead atoms. The minimum Gasteiger partial charge on any atom is -0.495 e. The molecule has 1 rings (SSSR count). The zero-order valence-corrected chi connectivity index (χ0v) is 14.8. The summed E-state index contributed by atoms with van der Waals surface area (Å²) in [6, 6.07) is 4.70. The molecule has 8 heteroatoms. The van der Waals surface area contributed by atoms with Gasteiger partial charge in [-0.25, -0.2) is 13.1 Å². The fourth-order valence-electron chi connectivity index (χ4n) is 1.63. The molecule has 1 amide bonds. The minimum atomic E-state index is -3.79. The van der Waals surface area contributed by atoms with E-state index in [-0.39, 0.29) is 23.1 Å². The Hall–Kier alpha value is -1.12. The summed E-state index contributed by atoms with van der Waals surface area (Å²) in [7, 11) is -0.876. The highest BCUT2D eigenvalue weighted by Gasteiger charge is 2.30. The van der Waals surface area contributed by atoms with Gasteiger partial charge < -0.3 is 10.1 Å². The van der Waals surface area contributed by atoms with Gasteiger partial charge in [-0.3, -0.25) is 4.79 Å². The number of rotatable bonds is 6. The number of nitrogens with one attached hydrogen (secondary N) is 2. The molecule has 0 saturated carbocycles. The maximum atomic E-state index is 12.4. The number of hydrogen-bond acceptors (Lipinski definition) is 4. The molecule has 0 aliphatic carbocycles. The van der Waals surface area contributed by atoms with Crippen LogP contribution in [0.3, 0.4) is 0 Å². The Morgan fingerprint density at radius 2 is 2.00 bits per heavy atom. The van der Waals surface area contributed by atoms with E-state index in [4.69, 9.17) is 4.74 Å². The fourth-order valence-corrected chi connectivity index (χ4v) is 3.55. The molecule has 0 unspecified atom stereocenters. The molecule has 0 fully saturated rings. The molecule has 6 nitrogen and oxygen atoms in total. The molecule has 0 spiro atoms. The lowest BCUT2D eigenvalue weighted by Crippen LogP contribution is -2.43. The van der Waals surface area contributed by atoms with E-state index in [9.17, 15) is 13.2 Å². The summed E-state index contributed by atoms with van der Waals surface area (Å²) in [5, 5.41) is 2.51. The van der Waals surface area contributed by atoms with Gasteiger partial charge in [0, 0.05) is 18.1 Å². The third kappa shape index (κ3) is 4.42. The van der Waals surface area contributed by atoms with E-state index >= 15 is 0 Å². The van der Waals surface area contributed by atoms with Crippen LogP contribution in [-0.2, 0) is 14.8 Å². The zero-order valence-electron chi connectivity index (χ0n) is 12.4. The first-order chi connectivity index (χ1) is 9.64. The monoisotopic (exact) mass is 378 g/mol. The molecule has 0 atom stereocenters. The van der Waals surface area contributed by atoms with Crippen molar-refractivity contribution in [3.63, 3.8) is 0 Å². The van der Waals surface area contributed by atoms with E-state index in [1.807, 2.05) is 0 Å². The highest BCUT2D eigenvalue weighted by atomic mass is 79.9. The number of carbonyl (C=O) groups is 1. The summed E-state index contributed by atoms with van der Waals surface area (Å²) in [4.78, 5) is 11.7. The summed E-state index contributed by atoms with van der Waals surface area (Å²) in [6.45, 7) is 3.30. The molecular formula is C13H19BrN2O4S. The van der Waals surface area contributed by atoms with Gasteiger partial charge in [0.2, 0.25) is 15.9 Å². The first-order valence-corrected chi connectivity index (χ1v) is 8.47. The molecule has 1 aromatic carbocycles. The minimum absolute atomic E-state index is 0.0204. The molecular weight excluding hydrogens is 360 g/mol. The first-order valence-electron chi connectivity index (χ1n) is 6.19. The number of hydrogen-bond donors (Lipinski definition) is 2. The van der Waals surface area contributed by atoms with Crippen LogP contribution in [0.25, 0.3) is 0 Å². The van der Waals surface area contributed by atoms with Gasteiger partial charge in [-0.2, -0.15) is 0 Å². The van der Waals surface area contributed by atoms with Crippen molar-refractivity contribution in [1.82, 2.24) is 10.0 Å². The van der Waals surface area contributed by atoms with Gasteiger partial charge in [0.25, 0.3) is 0 Å². The Balaban J connectivity index is 3.03. The second-order valence-corrected chi connectivity index (χ2v) is 7.73. The lowest BCUT2D eigenvalue weighted by atomic mass is 9.93. The Kier molecular flexibility index (Phi) is 5.77. The van der Waals surface area contributed by atoms with Gasteiger partial charge in [-0.1, -0.05) is 15.9 Å². The topological polar surface area (TPSA) is 84.5 Å². The first kappa shape index (κ1) is 17.9.